The van der Waals surface area contributed by atoms with Crippen LogP contribution in [-0.2, 0) is 25.6 Å². The number of rotatable bonds is 10. The Morgan fingerprint density at radius 1 is 1.06 bits per heavy atom. The predicted octanol–water partition coefficient (Wildman–Crippen LogP) is 3.66. The first kappa shape index (κ1) is 26.8. The van der Waals surface area contributed by atoms with Gasteiger partial charge in [-0.25, -0.2) is 14.8 Å². The Labute approximate surface area is 210 Å². The average molecular weight is 516 g/mol. The van der Waals surface area contributed by atoms with E-state index in [-0.39, 0.29) is 13.2 Å². The molecule has 0 saturated carbocycles. The second kappa shape index (κ2) is 11.8. The lowest BCUT2D eigenvalue weighted by atomic mass is 10.2. The zero-order chi connectivity index (χ0) is 26.2. The molecular formula is C24H29N5O6S. The van der Waals surface area contributed by atoms with E-state index in [2.05, 4.69) is 25.6 Å². The molecule has 192 valence electrons. The molecule has 11 nitrogen and oxygen atoms in total. The van der Waals surface area contributed by atoms with Crippen molar-refractivity contribution in [2.75, 3.05) is 24.7 Å². The number of carbonyl (C=O) groups is 1. The van der Waals surface area contributed by atoms with Crippen LogP contribution in [0.2, 0.25) is 0 Å². The highest BCUT2D eigenvalue weighted by molar-refractivity contribution is 7.85. The van der Waals surface area contributed by atoms with E-state index >= 15 is 0 Å². The van der Waals surface area contributed by atoms with E-state index in [0.717, 1.165) is 11.8 Å². The van der Waals surface area contributed by atoms with Crippen molar-refractivity contribution in [3.63, 3.8) is 0 Å². The van der Waals surface area contributed by atoms with E-state index in [1.54, 1.807) is 57.2 Å². The molecule has 1 aromatic heterocycles. The predicted molar refractivity (Wildman–Crippen MR) is 134 cm³/mol. The summed E-state index contributed by atoms with van der Waals surface area (Å²) >= 11 is 0. The van der Waals surface area contributed by atoms with Gasteiger partial charge >= 0.3 is 6.09 Å². The summed E-state index contributed by atoms with van der Waals surface area (Å²) in [5.74, 6) is 1.42. The van der Waals surface area contributed by atoms with E-state index in [0.29, 0.717) is 35.3 Å². The minimum absolute atomic E-state index is 0.0672. The number of aromatic nitrogens is 3. The molecule has 2 N–H and O–H groups in total. The molecule has 2 aromatic carbocycles. The summed E-state index contributed by atoms with van der Waals surface area (Å²) in [6.45, 7) is 5.92. The third kappa shape index (κ3) is 9.47. The number of ether oxygens (including phenoxy) is 2. The molecule has 0 fully saturated rings. The van der Waals surface area contributed by atoms with Crippen LogP contribution < -0.4 is 15.4 Å². The highest BCUT2D eigenvalue weighted by atomic mass is 32.2. The van der Waals surface area contributed by atoms with E-state index in [4.69, 9.17) is 13.7 Å². The summed E-state index contributed by atoms with van der Waals surface area (Å²) in [7, 11) is -3.53. The Kier molecular flexibility index (Phi) is 8.78. The molecule has 12 heteroatoms. The summed E-state index contributed by atoms with van der Waals surface area (Å²) in [5.41, 5.74) is 1.56. The molecule has 0 radical (unpaired) electrons. The Hall–Kier alpha value is -3.77. The van der Waals surface area contributed by atoms with E-state index in [1.165, 1.54) is 6.33 Å². The summed E-state index contributed by atoms with van der Waals surface area (Å²) < 4.78 is 38.1. The molecule has 0 saturated heterocycles. The van der Waals surface area contributed by atoms with Crippen molar-refractivity contribution in [1.29, 1.82) is 0 Å². The van der Waals surface area contributed by atoms with Crippen LogP contribution in [0, 0.1) is 0 Å². The Morgan fingerprint density at radius 2 is 1.81 bits per heavy atom. The maximum absolute atomic E-state index is 11.7. The number of nitrogens with zero attached hydrogens (tertiary/aromatic N) is 3. The molecule has 0 aliphatic heterocycles. The highest BCUT2D eigenvalue weighted by Crippen LogP contribution is 2.21. The zero-order valence-electron chi connectivity index (χ0n) is 20.5. The van der Waals surface area contributed by atoms with Crippen molar-refractivity contribution in [3.05, 3.63) is 60.4 Å². The van der Waals surface area contributed by atoms with E-state index in [9.17, 15) is 13.2 Å². The summed E-state index contributed by atoms with van der Waals surface area (Å²) in [4.78, 5) is 24.5. The molecule has 0 unspecified atom stereocenters. The van der Waals surface area contributed by atoms with Crippen LogP contribution >= 0.6 is 0 Å². The van der Waals surface area contributed by atoms with Crippen molar-refractivity contribution in [2.45, 2.75) is 33.0 Å². The van der Waals surface area contributed by atoms with Gasteiger partial charge in [0.1, 0.15) is 24.3 Å². The first-order valence-corrected chi connectivity index (χ1v) is 12.9. The number of benzene rings is 2. The Balaban J connectivity index is 1.55. The van der Waals surface area contributed by atoms with Gasteiger partial charge in [-0.15, -0.1) is 0 Å². The first-order valence-electron chi connectivity index (χ1n) is 11.1. The standard InChI is InChI=1S/C24H29N5O6S/c1-24(2,3)35-23(30)25-12-13-33-20-10-8-18(9-11-20)21-26-16-27-22(29-21)28-19-7-5-6-17(14-19)15-34-36(4,31)32/h5-11,14,16H,12-13,15H2,1-4H3,(H,25,30)(H,26,27,28,29). The van der Waals surface area contributed by atoms with Crippen molar-refractivity contribution < 1.29 is 26.9 Å². The Morgan fingerprint density at radius 3 is 2.50 bits per heavy atom. The van der Waals surface area contributed by atoms with Crippen molar-refractivity contribution >= 4 is 27.8 Å². The largest absolute Gasteiger partial charge is 0.492 e. The first-order chi connectivity index (χ1) is 17.0. The van der Waals surface area contributed by atoms with Gasteiger partial charge in [-0.05, 0) is 62.7 Å². The summed E-state index contributed by atoms with van der Waals surface area (Å²) in [6.07, 6.45) is 1.91. The molecule has 0 aliphatic carbocycles. The lowest BCUT2D eigenvalue weighted by molar-refractivity contribution is 0.0520. The number of carbonyl (C=O) groups excluding carboxylic acids is 1. The maximum Gasteiger partial charge on any atom is 0.407 e. The fraction of sp³-hybridized carbons (Fsp3) is 0.333. The lowest BCUT2D eigenvalue weighted by Crippen LogP contribution is -2.34. The smallest absolute Gasteiger partial charge is 0.407 e. The van der Waals surface area contributed by atoms with Crippen LogP contribution in [0.5, 0.6) is 5.75 Å². The number of alkyl carbamates (subject to hydrolysis) is 1. The second-order valence-corrected chi connectivity index (χ2v) is 10.4. The monoisotopic (exact) mass is 515 g/mol. The Bertz CT molecular complexity index is 1280. The number of anilines is 2. The van der Waals surface area contributed by atoms with Crippen molar-refractivity contribution in [2.24, 2.45) is 0 Å². The molecule has 0 atom stereocenters. The zero-order valence-corrected chi connectivity index (χ0v) is 21.3. The third-order valence-electron chi connectivity index (χ3n) is 4.35. The van der Waals surface area contributed by atoms with Crippen LogP contribution in [0.25, 0.3) is 11.4 Å². The quantitative estimate of drug-likeness (QED) is 0.303. The molecule has 3 aromatic rings. The molecule has 0 aliphatic rings. The van der Waals surface area contributed by atoms with E-state index in [1.807, 2.05) is 12.1 Å². The SMILES string of the molecule is CC(C)(C)OC(=O)NCCOc1ccc(-c2ncnc(Nc3cccc(COS(C)(=O)=O)c3)n2)cc1. The number of hydrogen-bond acceptors (Lipinski definition) is 10. The van der Waals surface area contributed by atoms with Crippen LogP contribution in [0.1, 0.15) is 26.3 Å². The van der Waals surface area contributed by atoms with Gasteiger partial charge in [0.2, 0.25) is 5.95 Å². The third-order valence-corrected chi connectivity index (χ3v) is 4.89. The number of nitrogens with one attached hydrogen (secondary N) is 2. The van der Waals surface area contributed by atoms with Gasteiger partial charge < -0.3 is 20.1 Å². The summed E-state index contributed by atoms with van der Waals surface area (Å²) in [5, 5.41) is 5.72. The molecule has 36 heavy (non-hydrogen) atoms. The molecular weight excluding hydrogens is 486 g/mol. The van der Waals surface area contributed by atoms with Crippen molar-refractivity contribution in [3.8, 4) is 17.1 Å². The van der Waals surface area contributed by atoms with E-state index < -0.39 is 21.8 Å². The van der Waals surface area contributed by atoms with Crippen LogP contribution in [0.4, 0.5) is 16.4 Å². The van der Waals surface area contributed by atoms with Crippen LogP contribution in [-0.4, -0.2) is 54.5 Å². The minimum atomic E-state index is -3.53. The molecule has 1 amide bonds. The second-order valence-electron chi connectivity index (χ2n) is 8.73. The van der Waals surface area contributed by atoms with Crippen LogP contribution in [0.3, 0.4) is 0 Å². The number of amides is 1. The fourth-order valence-corrected chi connectivity index (χ4v) is 3.23. The van der Waals surface area contributed by atoms with Gasteiger partial charge in [0.05, 0.1) is 19.4 Å². The van der Waals surface area contributed by atoms with Crippen LogP contribution in [0.15, 0.2) is 54.9 Å². The van der Waals surface area contributed by atoms with Gasteiger partial charge in [0.25, 0.3) is 10.1 Å². The lowest BCUT2D eigenvalue weighted by Gasteiger charge is -2.19. The average Bonchev–Trinajstić information content (AvgIpc) is 2.80. The van der Waals surface area contributed by atoms with Gasteiger partial charge in [-0.3, -0.25) is 4.18 Å². The van der Waals surface area contributed by atoms with Gasteiger partial charge in [0, 0.05) is 11.3 Å². The maximum atomic E-state index is 11.7. The summed E-state index contributed by atoms with van der Waals surface area (Å²) in [6, 6.07) is 14.3. The fourth-order valence-electron chi connectivity index (χ4n) is 2.88. The number of hydrogen-bond donors (Lipinski definition) is 2. The topological polar surface area (TPSA) is 142 Å². The molecule has 1 heterocycles. The minimum Gasteiger partial charge on any atom is -0.492 e. The normalized spacial score (nSPS) is 11.6. The highest BCUT2D eigenvalue weighted by Gasteiger charge is 2.15. The van der Waals surface area contributed by atoms with Gasteiger partial charge in [0.15, 0.2) is 5.82 Å². The van der Waals surface area contributed by atoms with Gasteiger partial charge in [-0.1, -0.05) is 12.1 Å². The molecule has 0 bridgehead atoms. The molecule has 3 rings (SSSR count). The van der Waals surface area contributed by atoms with Crippen molar-refractivity contribution in [1.82, 2.24) is 20.3 Å². The van der Waals surface area contributed by atoms with Gasteiger partial charge in [-0.2, -0.15) is 13.4 Å². The molecule has 0 spiro atoms.